The molecule has 0 saturated heterocycles. The van der Waals surface area contributed by atoms with Crippen LogP contribution in [0, 0.1) is 29.6 Å². The van der Waals surface area contributed by atoms with Crippen LogP contribution in [0.2, 0.25) is 0 Å². The van der Waals surface area contributed by atoms with Gasteiger partial charge in [-0.2, -0.15) is 0 Å². The normalized spacial score (nSPS) is 26.0. The van der Waals surface area contributed by atoms with E-state index in [0.717, 1.165) is 28.3 Å². The van der Waals surface area contributed by atoms with Crippen molar-refractivity contribution in [3.05, 3.63) is 71.9 Å². The molecule has 1 aromatic heterocycles. The number of aliphatic hydroxyl groups is 2. The summed E-state index contributed by atoms with van der Waals surface area (Å²) in [5, 5.41) is 27.7. The zero-order valence-corrected chi connectivity index (χ0v) is 23.5. The van der Waals surface area contributed by atoms with E-state index in [1.165, 1.54) is 32.1 Å². The lowest BCUT2D eigenvalue weighted by molar-refractivity contribution is -0.123. The molecule has 41 heavy (non-hydrogen) atoms. The van der Waals surface area contributed by atoms with E-state index in [2.05, 4.69) is 16.1 Å². The minimum Gasteiger partial charge on any atom is -0.396 e. The maximum Gasteiger partial charge on any atom is 0.241 e. The first-order valence-corrected chi connectivity index (χ1v) is 15.2. The van der Waals surface area contributed by atoms with Crippen molar-refractivity contribution in [2.75, 3.05) is 25.1 Å². The first kappa shape index (κ1) is 27.8. The number of hydrogen-bond donors (Lipinski definition) is 5. The number of para-hydroxylation sites is 1. The predicted octanol–water partition coefficient (Wildman–Crippen LogP) is 3.52. The highest BCUT2D eigenvalue weighted by atomic mass is 16.3. The number of nitrogens with one attached hydrogen (secondary N) is 3. The Kier molecular flexibility index (Phi) is 8.30. The highest BCUT2D eigenvalue weighted by Crippen LogP contribution is 2.53. The molecule has 4 fully saturated rings. The van der Waals surface area contributed by atoms with Crippen LogP contribution in [0.15, 0.2) is 60.8 Å². The van der Waals surface area contributed by atoms with Gasteiger partial charge in [0.15, 0.2) is 0 Å². The quantitative estimate of drug-likeness (QED) is 0.233. The molecular weight excluding hydrogens is 516 g/mol. The monoisotopic (exact) mass is 558 g/mol. The van der Waals surface area contributed by atoms with Crippen LogP contribution in [0.5, 0.6) is 0 Å². The fourth-order valence-corrected chi connectivity index (χ4v) is 7.91. The zero-order chi connectivity index (χ0) is 28.3. The smallest absolute Gasteiger partial charge is 0.241 e. The Bertz CT molecular complexity index is 1330. The van der Waals surface area contributed by atoms with Crippen LogP contribution in [0.4, 0.5) is 0 Å². The summed E-state index contributed by atoms with van der Waals surface area (Å²) in [5.41, 5.74) is 6.00. The lowest BCUT2D eigenvalue weighted by Crippen LogP contribution is -2.56. The zero-order valence-electron chi connectivity index (χ0n) is 23.5. The lowest BCUT2D eigenvalue weighted by Gasteiger charge is -2.54. The van der Waals surface area contributed by atoms with Gasteiger partial charge in [-0.3, -0.25) is 14.3 Å². The minimum absolute atomic E-state index is 0.0392. The van der Waals surface area contributed by atoms with Gasteiger partial charge in [-0.05, 0) is 79.4 Å². The third kappa shape index (κ3) is 6.14. The van der Waals surface area contributed by atoms with E-state index in [1.807, 2.05) is 65.5 Å². The van der Waals surface area contributed by atoms with E-state index in [1.54, 1.807) is 0 Å². The van der Waals surface area contributed by atoms with Crippen molar-refractivity contribution in [1.82, 2.24) is 15.3 Å². The van der Waals surface area contributed by atoms with E-state index >= 15 is 0 Å². The van der Waals surface area contributed by atoms with Gasteiger partial charge in [-0.15, -0.1) is 0 Å². The summed E-state index contributed by atoms with van der Waals surface area (Å²) in [7, 11) is 0. The second-order valence-corrected chi connectivity index (χ2v) is 12.5. The van der Waals surface area contributed by atoms with E-state index in [0.29, 0.717) is 29.9 Å². The number of carbonyl (C=O) groups is 2. The molecule has 0 spiro atoms. The molecule has 2 atom stereocenters. The summed E-state index contributed by atoms with van der Waals surface area (Å²) in [5.74, 6) is 2.47. The summed E-state index contributed by atoms with van der Waals surface area (Å²) >= 11 is 0. The predicted molar refractivity (Wildman–Crippen MR) is 158 cm³/mol. The molecule has 2 amide bonds. The van der Waals surface area contributed by atoms with E-state index in [4.69, 9.17) is 0 Å². The Labute approximate surface area is 241 Å². The Morgan fingerprint density at radius 2 is 1.59 bits per heavy atom. The molecule has 5 N–H and O–H groups in total. The number of aromatic nitrogens is 1. The number of aryl methyl sites for hydroxylation is 1. The van der Waals surface area contributed by atoms with Gasteiger partial charge in [0, 0.05) is 36.5 Å². The third-order valence-corrected chi connectivity index (χ3v) is 9.76. The molecule has 1 heterocycles. The van der Waals surface area contributed by atoms with Crippen molar-refractivity contribution in [1.29, 1.82) is 0 Å². The second kappa shape index (κ2) is 12.2. The molecular formula is C33H42N4O4. The summed E-state index contributed by atoms with van der Waals surface area (Å²) in [6.45, 7) is 0.160. The first-order chi connectivity index (χ1) is 20.0. The van der Waals surface area contributed by atoms with Crippen LogP contribution < -0.4 is 16.1 Å². The van der Waals surface area contributed by atoms with Crippen molar-refractivity contribution in [3.63, 3.8) is 0 Å². The highest BCUT2D eigenvalue weighted by Gasteiger charge is 2.48. The van der Waals surface area contributed by atoms with Crippen molar-refractivity contribution >= 4 is 22.7 Å². The summed E-state index contributed by atoms with van der Waals surface area (Å²) in [4.78, 5) is 25.7. The Balaban J connectivity index is 1.02. The molecule has 4 aliphatic rings. The van der Waals surface area contributed by atoms with E-state index in [-0.39, 0.29) is 37.9 Å². The van der Waals surface area contributed by atoms with Gasteiger partial charge >= 0.3 is 0 Å². The molecule has 0 radical (unpaired) electrons. The average Bonchev–Trinajstić information content (AvgIpc) is 3.34. The first-order valence-electron chi connectivity index (χ1n) is 15.2. The number of carbonyl (C=O) groups excluding carboxylic acids is 2. The number of hydrogen-bond acceptors (Lipinski definition) is 5. The number of amides is 2. The fraction of sp³-hybridized carbons (Fsp3) is 0.515. The molecule has 218 valence electrons. The molecule has 4 aliphatic carbocycles. The molecule has 4 saturated carbocycles. The van der Waals surface area contributed by atoms with Crippen LogP contribution in [0.1, 0.15) is 55.8 Å². The highest BCUT2D eigenvalue weighted by molar-refractivity contribution is 5.86. The van der Waals surface area contributed by atoms with Gasteiger partial charge in [0.05, 0.1) is 18.2 Å². The standard InChI is InChI=1S/C33H42N4O4/c38-20-27(33(41)23-6-2-1-3-7-23)17-34-30(39)11-10-24-19-37(29-9-5-4-8-28(24)29)35-18-31(40)36-32-25-13-21-12-22(15-25)16-26(32)14-21/h1-9,19,21-22,25-27,32-33,35,38,41H,10-18,20H2,(H,34,39)(H,36,40). The van der Waals surface area contributed by atoms with Gasteiger partial charge in [0.1, 0.15) is 6.54 Å². The molecule has 8 nitrogen and oxygen atoms in total. The number of nitrogens with zero attached hydrogens (tertiary/aromatic N) is 1. The third-order valence-electron chi connectivity index (χ3n) is 9.76. The molecule has 2 aromatic carbocycles. The molecule has 7 rings (SSSR count). The number of aliphatic hydroxyl groups excluding tert-OH is 2. The van der Waals surface area contributed by atoms with Crippen LogP contribution in [0.3, 0.4) is 0 Å². The van der Waals surface area contributed by atoms with Gasteiger partial charge in [-0.1, -0.05) is 48.5 Å². The van der Waals surface area contributed by atoms with Crippen LogP contribution in [-0.4, -0.2) is 52.4 Å². The fourth-order valence-electron chi connectivity index (χ4n) is 7.91. The largest absolute Gasteiger partial charge is 0.396 e. The maximum absolute atomic E-state index is 13.0. The Hall–Kier alpha value is -3.36. The summed E-state index contributed by atoms with van der Waals surface area (Å²) in [6, 6.07) is 17.5. The molecule has 3 aromatic rings. The van der Waals surface area contributed by atoms with Gasteiger partial charge in [0.25, 0.3) is 0 Å². The van der Waals surface area contributed by atoms with Crippen molar-refractivity contribution < 1.29 is 19.8 Å². The Morgan fingerprint density at radius 3 is 2.29 bits per heavy atom. The van der Waals surface area contributed by atoms with Crippen molar-refractivity contribution in [2.24, 2.45) is 29.6 Å². The topological polar surface area (TPSA) is 116 Å². The van der Waals surface area contributed by atoms with Gasteiger partial charge < -0.3 is 26.3 Å². The number of fused-ring (bicyclic) bond motifs is 1. The molecule has 2 unspecified atom stereocenters. The van der Waals surface area contributed by atoms with Crippen molar-refractivity contribution in [2.45, 2.75) is 57.1 Å². The summed E-state index contributed by atoms with van der Waals surface area (Å²) in [6.07, 6.45) is 8.44. The van der Waals surface area contributed by atoms with Gasteiger partial charge in [0.2, 0.25) is 11.8 Å². The Morgan fingerprint density at radius 1 is 0.902 bits per heavy atom. The van der Waals surface area contributed by atoms with Crippen LogP contribution in [0.25, 0.3) is 10.9 Å². The van der Waals surface area contributed by atoms with E-state index in [9.17, 15) is 19.8 Å². The maximum atomic E-state index is 13.0. The summed E-state index contributed by atoms with van der Waals surface area (Å²) < 4.78 is 1.90. The number of benzene rings is 2. The average molecular weight is 559 g/mol. The SMILES string of the molecule is O=C(CCc1cn(NCC(=O)NC2C3CC4CC(C3)CC2C4)c2ccccc12)NCC(CO)C(O)c1ccccc1. The second-order valence-electron chi connectivity index (χ2n) is 12.5. The lowest BCUT2D eigenvalue weighted by atomic mass is 9.54. The van der Waals surface area contributed by atoms with Gasteiger partial charge in [-0.25, -0.2) is 0 Å². The molecule has 0 aliphatic heterocycles. The molecule has 8 heteroatoms. The van der Waals surface area contributed by atoms with E-state index < -0.39 is 12.0 Å². The van der Waals surface area contributed by atoms with Crippen molar-refractivity contribution in [3.8, 4) is 0 Å². The number of rotatable bonds is 12. The van der Waals surface area contributed by atoms with Crippen LogP contribution >= 0.6 is 0 Å². The van der Waals surface area contributed by atoms with Crippen LogP contribution in [-0.2, 0) is 16.0 Å². The molecule has 4 bridgehead atoms. The minimum atomic E-state index is -0.855.